The van der Waals surface area contributed by atoms with E-state index in [4.69, 9.17) is 0 Å². The smallest absolute Gasteiger partial charge is 0.0324 e. The second-order valence-corrected chi connectivity index (χ2v) is 6.34. The lowest BCUT2D eigenvalue weighted by Crippen LogP contribution is -2.16. The van der Waals surface area contributed by atoms with E-state index in [9.17, 15) is 0 Å². The van der Waals surface area contributed by atoms with Crippen molar-refractivity contribution in [1.29, 1.82) is 0 Å². The second-order valence-electron chi connectivity index (χ2n) is 6.34. The number of hydrogen-bond acceptors (Lipinski definition) is 0. The minimum atomic E-state index is 0.965. The van der Waals surface area contributed by atoms with Crippen molar-refractivity contribution >= 4 is 0 Å². The van der Waals surface area contributed by atoms with Crippen molar-refractivity contribution in [2.24, 2.45) is 11.8 Å². The summed E-state index contributed by atoms with van der Waals surface area (Å²) in [5, 5.41) is 0. The molecule has 0 heterocycles. The predicted molar refractivity (Wildman–Crippen MR) is 82.6 cm³/mol. The van der Waals surface area contributed by atoms with Crippen LogP contribution in [0, 0.1) is 18.3 Å². The Balaban J connectivity index is 2.04. The third-order valence-corrected chi connectivity index (χ3v) is 4.55. The topological polar surface area (TPSA) is 0 Å². The monoisotopic (exact) mass is 251 g/mol. The molecule has 0 N–H and O–H groups in total. The summed E-state index contributed by atoms with van der Waals surface area (Å²) in [6.07, 6.45) is 21.6. The van der Waals surface area contributed by atoms with E-state index in [1.54, 1.807) is 0 Å². The summed E-state index contributed by atoms with van der Waals surface area (Å²) in [6.45, 7) is 4.61. The number of unbranched alkanes of at least 4 members (excludes halogenated alkanes) is 6. The normalized spacial score (nSPS) is 24.3. The van der Waals surface area contributed by atoms with Gasteiger partial charge in [0.05, 0.1) is 0 Å². The summed E-state index contributed by atoms with van der Waals surface area (Å²) >= 11 is 0. The van der Waals surface area contributed by atoms with E-state index in [-0.39, 0.29) is 0 Å². The molecule has 18 heavy (non-hydrogen) atoms. The van der Waals surface area contributed by atoms with Crippen LogP contribution in [0.15, 0.2) is 0 Å². The zero-order chi connectivity index (χ0) is 13.1. The van der Waals surface area contributed by atoms with Gasteiger partial charge in [-0.05, 0) is 18.3 Å². The molecule has 0 aromatic carbocycles. The van der Waals surface area contributed by atoms with Gasteiger partial charge in [-0.25, -0.2) is 0 Å². The molecule has 1 rings (SSSR count). The second kappa shape index (κ2) is 10.9. The molecule has 0 heteroatoms. The molecule has 0 aromatic heterocycles. The van der Waals surface area contributed by atoms with Crippen molar-refractivity contribution in [3.8, 4) is 0 Å². The predicted octanol–water partition coefficient (Wildman–Crippen LogP) is 6.55. The van der Waals surface area contributed by atoms with Crippen LogP contribution >= 0.6 is 0 Å². The van der Waals surface area contributed by atoms with Crippen molar-refractivity contribution in [3.63, 3.8) is 0 Å². The van der Waals surface area contributed by atoms with Crippen molar-refractivity contribution in [1.82, 2.24) is 0 Å². The zero-order valence-corrected chi connectivity index (χ0v) is 12.9. The summed E-state index contributed by atoms with van der Waals surface area (Å²) in [5.41, 5.74) is 0. The zero-order valence-electron chi connectivity index (χ0n) is 12.9. The molecule has 0 spiro atoms. The Hall–Kier alpha value is 0. The van der Waals surface area contributed by atoms with Crippen LogP contribution in [0.2, 0.25) is 0 Å². The van der Waals surface area contributed by atoms with Crippen molar-refractivity contribution in [2.45, 2.75) is 97.3 Å². The Labute approximate surface area is 116 Å². The van der Waals surface area contributed by atoms with Crippen LogP contribution in [-0.4, -0.2) is 0 Å². The van der Waals surface area contributed by atoms with Gasteiger partial charge in [0.2, 0.25) is 0 Å². The first-order chi connectivity index (χ1) is 8.86. The van der Waals surface area contributed by atoms with Crippen LogP contribution in [0.25, 0.3) is 0 Å². The van der Waals surface area contributed by atoms with E-state index >= 15 is 0 Å². The molecule has 0 amide bonds. The Morgan fingerprint density at radius 1 is 0.722 bits per heavy atom. The van der Waals surface area contributed by atoms with Crippen molar-refractivity contribution < 1.29 is 0 Å². The summed E-state index contributed by atoms with van der Waals surface area (Å²) in [4.78, 5) is 0. The first-order valence-electron chi connectivity index (χ1n) is 8.71. The standard InChI is InChI=1S/C18H35/c1-3-5-7-9-12-17-14-11-15-18(16-17)13-10-8-6-4-2/h16-18H,3-15H2,1-2H3. The molecule has 1 saturated carbocycles. The molecule has 2 atom stereocenters. The Kier molecular flexibility index (Phi) is 9.70. The molecule has 0 aromatic rings. The summed E-state index contributed by atoms with van der Waals surface area (Å²) in [6, 6.07) is 0. The van der Waals surface area contributed by atoms with Gasteiger partial charge in [0.15, 0.2) is 0 Å². The third kappa shape index (κ3) is 7.44. The molecular weight excluding hydrogens is 216 g/mol. The molecule has 0 aliphatic heterocycles. The van der Waals surface area contributed by atoms with E-state index < -0.39 is 0 Å². The van der Waals surface area contributed by atoms with Crippen LogP contribution in [0.5, 0.6) is 0 Å². The van der Waals surface area contributed by atoms with Gasteiger partial charge in [-0.1, -0.05) is 97.3 Å². The maximum absolute atomic E-state index is 2.74. The molecule has 1 aliphatic carbocycles. The molecule has 0 saturated heterocycles. The first-order valence-corrected chi connectivity index (χ1v) is 8.71. The van der Waals surface area contributed by atoms with Gasteiger partial charge in [0.25, 0.3) is 0 Å². The molecule has 0 bridgehead atoms. The van der Waals surface area contributed by atoms with Gasteiger partial charge in [-0.2, -0.15) is 0 Å². The van der Waals surface area contributed by atoms with Crippen LogP contribution in [0.4, 0.5) is 0 Å². The molecular formula is C18H35. The SMILES string of the molecule is CCCCCCC1[CH]C(CCCCCC)CCC1. The van der Waals surface area contributed by atoms with E-state index in [0.29, 0.717) is 0 Å². The van der Waals surface area contributed by atoms with Crippen LogP contribution < -0.4 is 0 Å². The average Bonchev–Trinajstić information content (AvgIpc) is 2.40. The van der Waals surface area contributed by atoms with E-state index in [1.807, 2.05) is 0 Å². The summed E-state index contributed by atoms with van der Waals surface area (Å²) in [5.74, 6) is 1.93. The van der Waals surface area contributed by atoms with Gasteiger partial charge in [0, 0.05) is 0 Å². The highest BCUT2D eigenvalue weighted by molar-refractivity contribution is 4.88. The Morgan fingerprint density at radius 3 is 1.67 bits per heavy atom. The van der Waals surface area contributed by atoms with Gasteiger partial charge >= 0.3 is 0 Å². The quantitative estimate of drug-likeness (QED) is 0.386. The minimum absolute atomic E-state index is 0.965. The van der Waals surface area contributed by atoms with E-state index in [2.05, 4.69) is 20.3 Å². The lowest BCUT2D eigenvalue weighted by atomic mass is 9.77. The Bertz CT molecular complexity index is 155. The Morgan fingerprint density at radius 2 is 1.22 bits per heavy atom. The van der Waals surface area contributed by atoms with Gasteiger partial charge in [0.1, 0.15) is 0 Å². The van der Waals surface area contributed by atoms with Crippen LogP contribution in [0.1, 0.15) is 97.3 Å². The van der Waals surface area contributed by atoms with Crippen molar-refractivity contribution in [3.05, 3.63) is 6.42 Å². The van der Waals surface area contributed by atoms with Gasteiger partial charge in [-0.3, -0.25) is 0 Å². The lowest BCUT2D eigenvalue weighted by Gasteiger charge is -2.29. The fourth-order valence-corrected chi connectivity index (χ4v) is 3.37. The van der Waals surface area contributed by atoms with Crippen LogP contribution in [-0.2, 0) is 0 Å². The first kappa shape index (κ1) is 16.1. The minimum Gasteiger partial charge on any atom is -0.0654 e. The van der Waals surface area contributed by atoms with Gasteiger partial charge < -0.3 is 0 Å². The molecule has 1 radical (unpaired) electrons. The summed E-state index contributed by atoms with van der Waals surface area (Å²) < 4.78 is 0. The number of rotatable bonds is 10. The van der Waals surface area contributed by atoms with E-state index in [0.717, 1.165) is 11.8 Å². The number of hydrogen-bond donors (Lipinski definition) is 0. The van der Waals surface area contributed by atoms with Crippen molar-refractivity contribution in [2.75, 3.05) is 0 Å². The molecule has 1 aliphatic rings. The fourth-order valence-electron chi connectivity index (χ4n) is 3.37. The highest BCUT2D eigenvalue weighted by Crippen LogP contribution is 2.34. The van der Waals surface area contributed by atoms with Gasteiger partial charge in [-0.15, -0.1) is 0 Å². The fraction of sp³-hybridized carbons (Fsp3) is 0.944. The molecule has 0 nitrogen and oxygen atoms in total. The maximum atomic E-state index is 2.74. The maximum Gasteiger partial charge on any atom is -0.0324 e. The largest absolute Gasteiger partial charge is 0.0654 e. The average molecular weight is 251 g/mol. The van der Waals surface area contributed by atoms with E-state index in [1.165, 1.54) is 83.5 Å². The molecule has 2 unspecified atom stereocenters. The summed E-state index contributed by atoms with van der Waals surface area (Å²) in [7, 11) is 0. The highest BCUT2D eigenvalue weighted by Gasteiger charge is 2.21. The lowest BCUT2D eigenvalue weighted by molar-refractivity contribution is 0.317. The molecule has 1 fully saturated rings. The van der Waals surface area contributed by atoms with Crippen LogP contribution in [0.3, 0.4) is 0 Å². The highest BCUT2D eigenvalue weighted by atomic mass is 14.3. The molecule has 107 valence electrons. The third-order valence-electron chi connectivity index (χ3n) is 4.55.